The Morgan fingerprint density at radius 3 is 2.69 bits per heavy atom. The summed E-state index contributed by atoms with van der Waals surface area (Å²) in [7, 11) is 0. The predicted octanol–water partition coefficient (Wildman–Crippen LogP) is 5.15. The Balaban J connectivity index is 1.44. The van der Waals surface area contributed by atoms with Crippen molar-refractivity contribution in [2.75, 3.05) is 13.1 Å². The minimum atomic E-state index is -0.324. The van der Waals surface area contributed by atoms with Gasteiger partial charge in [0, 0.05) is 24.1 Å². The summed E-state index contributed by atoms with van der Waals surface area (Å²) in [6.07, 6.45) is 2.16. The number of hydrogen-bond acceptors (Lipinski definition) is 5. The molecule has 1 fully saturated rings. The Morgan fingerprint density at radius 1 is 1.19 bits per heavy atom. The highest BCUT2D eigenvalue weighted by molar-refractivity contribution is 7.18. The number of likely N-dealkylation sites (tertiary alicyclic amines) is 1. The zero-order valence-electron chi connectivity index (χ0n) is 14.7. The van der Waals surface area contributed by atoms with Crippen LogP contribution in [0.4, 0.5) is 5.69 Å². The van der Waals surface area contributed by atoms with Crippen LogP contribution in [-0.2, 0) is 0 Å². The van der Waals surface area contributed by atoms with Gasteiger partial charge in [0.25, 0.3) is 5.69 Å². The topological polar surface area (TPSA) is 59.3 Å². The Kier molecular flexibility index (Phi) is 4.70. The Hall–Kier alpha value is -2.31. The molecule has 1 saturated heterocycles. The summed E-state index contributed by atoms with van der Waals surface area (Å²) in [4.78, 5) is 17.9. The number of para-hydroxylation sites is 1. The maximum atomic E-state index is 11.0. The standard InChI is InChI=1S/C20H21N3O2S/c1-14(16-5-4-6-17(13-16)23(24)25)22-11-9-15(10-12-22)20-21-18-7-2-3-8-19(18)26-20/h2-8,13-15H,9-12H2,1H3/t14-/m1/s1. The summed E-state index contributed by atoms with van der Waals surface area (Å²) >= 11 is 1.81. The van der Waals surface area contributed by atoms with Gasteiger partial charge in [-0.25, -0.2) is 4.98 Å². The molecule has 26 heavy (non-hydrogen) atoms. The second kappa shape index (κ2) is 7.13. The van der Waals surface area contributed by atoms with Crippen LogP contribution in [0.5, 0.6) is 0 Å². The van der Waals surface area contributed by atoms with E-state index in [-0.39, 0.29) is 16.7 Å². The van der Waals surface area contributed by atoms with Crippen molar-refractivity contribution in [1.29, 1.82) is 0 Å². The van der Waals surface area contributed by atoms with E-state index in [0.29, 0.717) is 5.92 Å². The fourth-order valence-corrected chi connectivity index (χ4v) is 4.84. The van der Waals surface area contributed by atoms with Gasteiger partial charge in [-0.3, -0.25) is 15.0 Å². The van der Waals surface area contributed by atoms with Crippen LogP contribution in [0.1, 0.15) is 42.3 Å². The molecule has 0 amide bonds. The van der Waals surface area contributed by atoms with E-state index in [4.69, 9.17) is 4.98 Å². The van der Waals surface area contributed by atoms with E-state index < -0.39 is 0 Å². The van der Waals surface area contributed by atoms with Crippen LogP contribution < -0.4 is 0 Å². The molecule has 1 aliphatic rings. The zero-order chi connectivity index (χ0) is 18.1. The Morgan fingerprint density at radius 2 is 1.96 bits per heavy atom. The number of piperidine rings is 1. The van der Waals surface area contributed by atoms with Crippen molar-refractivity contribution in [3.05, 3.63) is 69.2 Å². The molecule has 1 atom stereocenters. The number of nitro groups is 1. The molecular weight excluding hydrogens is 346 g/mol. The second-order valence-corrected chi connectivity index (χ2v) is 7.92. The van der Waals surface area contributed by atoms with E-state index in [1.807, 2.05) is 23.5 Å². The van der Waals surface area contributed by atoms with Gasteiger partial charge in [-0.1, -0.05) is 24.3 Å². The van der Waals surface area contributed by atoms with Crippen molar-refractivity contribution in [1.82, 2.24) is 9.88 Å². The molecule has 5 nitrogen and oxygen atoms in total. The molecule has 1 aromatic heterocycles. The van der Waals surface area contributed by atoms with Gasteiger partial charge in [0.05, 0.1) is 20.1 Å². The molecule has 4 rings (SSSR count). The first-order valence-corrected chi connectivity index (χ1v) is 9.77. The van der Waals surface area contributed by atoms with Crippen LogP contribution in [0.2, 0.25) is 0 Å². The molecule has 0 saturated carbocycles. The number of hydrogen-bond donors (Lipinski definition) is 0. The first-order valence-electron chi connectivity index (χ1n) is 8.95. The third kappa shape index (κ3) is 3.34. The van der Waals surface area contributed by atoms with Gasteiger partial charge in [-0.2, -0.15) is 0 Å². The number of nitro benzene ring substituents is 1. The number of aromatic nitrogens is 1. The minimum absolute atomic E-state index is 0.165. The summed E-state index contributed by atoms with van der Waals surface area (Å²) in [5, 5.41) is 12.3. The van der Waals surface area contributed by atoms with E-state index in [1.165, 1.54) is 9.71 Å². The van der Waals surface area contributed by atoms with Gasteiger partial charge >= 0.3 is 0 Å². The summed E-state index contributed by atoms with van der Waals surface area (Å²) in [6, 6.07) is 15.5. The van der Waals surface area contributed by atoms with Crippen LogP contribution >= 0.6 is 11.3 Å². The number of benzene rings is 2. The van der Waals surface area contributed by atoms with Crippen LogP contribution in [0, 0.1) is 10.1 Å². The van der Waals surface area contributed by atoms with Crippen LogP contribution in [0.3, 0.4) is 0 Å². The largest absolute Gasteiger partial charge is 0.297 e. The number of non-ortho nitro benzene ring substituents is 1. The summed E-state index contributed by atoms with van der Waals surface area (Å²) < 4.78 is 1.26. The molecule has 0 bridgehead atoms. The molecule has 1 aliphatic heterocycles. The normalized spacial score (nSPS) is 17.4. The summed E-state index contributed by atoms with van der Waals surface area (Å²) in [5.74, 6) is 0.515. The lowest BCUT2D eigenvalue weighted by Crippen LogP contribution is -2.35. The highest BCUT2D eigenvalue weighted by Gasteiger charge is 2.26. The van der Waals surface area contributed by atoms with Crippen LogP contribution in [0.25, 0.3) is 10.2 Å². The molecule has 6 heteroatoms. The van der Waals surface area contributed by atoms with Gasteiger partial charge < -0.3 is 0 Å². The quantitative estimate of drug-likeness (QED) is 0.473. The minimum Gasteiger partial charge on any atom is -0.297 e. The van der Waals surface area contributed by atoms with Crippen molar-refractivity contribution in [3.63, 3.8) is 0 Å². The molecule has 2 heterocycles. The summed E-state index contributed by atoms with van der Waals surface area (Å²) in [5.41, 5.74) is 2.27. The maximum absolute atomic E-state index is 11.0. The lowest BCUT2D eigenvalue weighted by Gasteiger charge is -2.35. The second-order valence-electron chi connectivity index (χ2n) is 6.86. The molecule has 134 valence electrons. The molecule has 3 aromatic rings. The highest BCUT2D eigenvalue weighted by atomic mass is 32.1. The third-order valence-corrected chi connectivity index (χ3v) is 6.50. The van der Waals surface area contributed by atoms with Gasteiger partial charge in [-0.05, 0) is 50.6 Å². The van der Waals surface area contributed by atoms with Crippen LogP contribution in [0.15, 0.2) is 48.5 Å². The van der Waals surface area contributed by atoms with Gasteiger partial charge in [0.15, 0.2) is 0 Å². The molecule has 0 radical (unpaired) electrons. The fourth-order valence-electron chi connectivity index (χ4n) is 3.71. The SMILES string of the molecule is C[C@H](c1cccc([N+](=O)[O-])c1)N1CCC(c2nc3ccccc3s2)CC1. The number of fused-ring (bicyclic) bond motifs is 1. The number of nitrogens with zero attached hydrogens (tertiary/aromatic N) is 3. The van der Waals surface area contributed by atoms with E-state index in [0.717, 1.165) is 37.0 Å². The average molecular weight is 367 g/mol. The molecule has 0 spiro atoms. The molecule has 2 aromatic carbocycles. The fraction of sp³-hybridized carbons (Fsp3) is 0.350. The van der Waals surface area contributed by atoms with E-state index in [2.05, 4.69) is 30.0 Å². The van der Waals surface area contributed by atoms with Gasteiger partial charge in [-0.15, -0.1) is 11.3 Å². The Labute approximate surface area is 156 Å². The average Bonchev–Trinajstić information content (AvgIpc) is 3.12. The predicted molar refractivity (Wildman–Crippen MR) is 105 cm³/mol. The zero-order valence-corrected chi connectivity index (χ0v) is 15.5. The van der Waals surface area contributed by atoms with Crippen molar-refractivity contribution in [2.24, 2.45) is 0 Å². The lowest BCUT2D eigenvalue weighted by atomic mass is 9.95. The van der Waals surface area contributed by atoms with Gasteiger partial charge in [0.1, 0.15) is 0 Å². The third-order valence-electron chi connectivity index (χ3n) is 5.30. The monoisotopic (exact) mass is 367 g/mol. The lowest BCUT2D eigenvalue weighted by molar-refractivity contribution is -0.385. The Bertz CT molecular complexity index is 898. The molecule has 0 unspecified atom stereocenters. The number of thiazole rings is 1. The van der Waals surface area contributed by atoms with Crippen molar-refractivity contribution in [3.8, 4) is 0 Å². The molecule has 0 aliphatic carbocycles. The maximum Gasteiger partial charge on any atom is 0.269 e. The van der Waals surface area contributed by atoms with Crippen molar-refractivity contribution in [2.45, 2.75) is 31.7 Å². The first kappa shape index (κ1) is 17.1. The summed E-state index contributed by atoms with van der Waals surface area (Å²) in [6.45, 7) is 4.12. The first-order chi connectivity index (χ1) is 12.6. The molecule has 0 N–H and O–H groups in total. The van der Waals surface area contributed by atoms with Crippen molar-refractivity contribution >= 4 is 27.2 Å². The van der Waals surface area contributed by atoms with Crippen molar-refractivity contribution < 1.29 is 4.92 Å². The van der Waals surface area contributed by atoms with E-state index >= 15 is 0 Å². The molecular formula is C20H21N3O2S. The van der Waals surface area contributed by atoms with E-state index in [9.17, 15) is 10.1 Å². The van der Waals surface area contributed by atoms with Gasteiger partial charge in [0.2, 0.25) is 0 Å². The van der Waals surface area contributed by atoms with Crippen LogP contribution in [-0.4, -0.2) is 27.9 Å². The number of rotatable bonds is 4. The highest BCUT2D eigenvalue weighted by Crippen LogP contribution is 2.36. The van der Waals surface area contributed by atoms with E-state index in [1.54, 1.807) is 18.2 Å². The smallest absolute Gasteiger partial charge is 0.269 e.